The van der Waals surface area contributed by atoms with Crippen molar-refractivity contribution >= 4 is 57.7 Å². The van der Waals surface area contributed by atoms with Gasteiger partial charge in [0, 0.05) is 22.6 Å². The number of aliphatic hydroxyl groups is 1. The minimum Gasteiger partial charge on any atom is -0.372 e. The van der Waals surface area contributed by atoms with Crippen LogP contribution in [0.15, 0.2) is 60.0 Å². The van der Waals surface area contributed by atoms with Crippen LogP contribution in [-0.2, 0) is 5.60 Å². The quantitative estimate of drug-likeness (QED) is 0.188. The predicted molar refractivity (Wildman–Crippen MR) is 138 cm³/mol. The highest BCUT2D eigenvalue weighted by Crippen LogP contribution is 2.48. The fourth-order valence-electron chi connectivity index (χ4n) is 3.76. The summed E-state index contributed by atoms with van der Waals surface area (Å²) in [5, 5.41) is 15.0. The van der Waals surface area contributed by atoms with Crippen LogP contribution in [0, 0.1) is 23.3 Å². The first-order valence-corrected chi connectivity index (χ1v) is 12.7. The lowest BCUT2D eigenvalue weighted by atomic mass is 9.91. The summed E-state index contributed by atoms with van der Waals surface area (Å²) in [6.45, 7) is 0. The number of amides is 2. The van der Waals surface area contributed by atoms with Crippen LogP contribution in [0.2, 0.25) is 10.0 Å². The van der Waals surface area contributed by atoms with Gasteiger partial charge in [-0.2, -0.15) is 13.2 Å². The molecule has 4 aromatic rings. The number of hydrogen-bond acceptors (Lipinski definition) is 4. The molecular weight excluding hydrogens is 624 g/mol. The molecule has 0 bridgehead atoms. The summed E-state index contributed by atoms with van der Waals surface area (Å²) >= 11 is 12.8. The summed E-state index contributed by atoms with van der Waals surface area (Å²) in [7, 11) is 0. The van der Waals surface area contributed by atoms with Gasteiger partial charge in [0.05, 0.1) is 27.0 Å². The van der Waals surface area contributed by atoms with E-state index in [1.807, 2.05) is 5.32 Å². The Hall–Kier alpha value is -3.65. The van der Waals surface area contributed by atoms with Gasteiger partial charge in [0.1, 0.15) is 23.0 Å². The first-order chi connectivity index (χ1) is 19.1. The monoisotopic (exact) mass is 636 g/mol. The Morgan fingerprint density at radius 1 is 0.829 bits per heavy atom. The Bertz CT molecular complexity index is 1620. The van der Waals surface area contributed by atoms with Crippen LogP contribution in [0.25, 0.3) is 0 Å². The molecule has 41 heavy (non-hydrogen) atoms. The highest BCUT2D eigenvalue weighted by Gasteiger charge is 2.57. The second-order valence-corrected chi connectivity index (χ2v) is 10.1. The second kappa shape index (κ2) is 11.3. The molecule has 3 aromatic carbocycles. The van der Waals surface area contributed by atoms with Gasteiger partial charge in [-0.3, -0.25) is 9.59 Å². The van der Waals surface area contributed by atoms with Crippen molar-refractivity contribution < 1.29 is 45.4 Å². The lowest BCUT2D eigenvalue weighted by Gasteiger charge is -2.30. The Morgan fingerprint density at radius 3 is 1.98 bits per heavy atom. The van der Waals surface area contributed by atoms with Crippen molar-refractivity contribution in [3.8, 4) is 0 Å². The normalized spacial score (nSPS) is 13.0. The van der Waals surface area contributed by atoms with Crippen LogP contribution in [0.1, 0.15) is 31.2 Å². The van der Waals surface area contributed by atoms with Gasteiger partial charge >= 0.3 is 6.18 Å². The van der Waals surface area contributed by atoms with E-state index in [9.17, 15) is 41.0 Å². The van der Waals surface area contributed by atoms with E-state index in [1.54, 1.807) is 0 Å². The van der Waals surface area contributed by atoms with Gasteiger partial charge < -0.3 is 15.7 Å². The number of alkyl halides is 3. The lowest BCUT2D eigenvalue weighted by Crippen LogP contribution is -2.42. The van der Waals surface area contributed by atoms with Gasteiger partial charge in [0.2, 0.25) is 5.60 Å². The SMILES string of the molecule is O=C(Nc1c(Cl)cc(C(O)(c2cccs2)C(F)(F)F)cc1Cl)c1cccc(NC(=O)c2c(F)cc(F)cc2F)c1F. The van der Waals surface area contributed by atoms with Gasteiger partial charge in [-0.1, -0.05) is 35.3 Å². The fraction of sp³-hybridized carbons (Fsp3) is 0.0769. The van der Waals surface area contributed by atoms with Gasteiger partial charge in [-0.05, 0) is 35.7 Å². The van der Waals surface area contributed by atoms with Crippen molar-refractivity contribution in [3.63, 3.8) is 0 Å². The Balaban J connectivity index is 1.63. The molecular formula is C26H13Cl2F7N2O3S. The second-order valence-electron chi connectivity index (χ2n) is 8.32. The number of anilines is 2. The molecule has 4 rings (SSSR count). The molecule has 0 spiro atoms. The fourth-order valence-corrected chi connectivity index (χ4v) is 5.21. The standard InChI is InChI=1S/C26H13Cl2F7N2O3S/c27-14-7-11(25(40,26(33,34)35)19-5-2-6-41-19)8-15(28)22(14)37-23(38)13-3-1-4-18(21(13)32)36-24(39)20-16(30)9-12(29)10-17(20)31/h1-10,40H,(H,36,39)(H,37,38). The number of nitrogens with one attached hydrogen (secondary N) is 2. The average molecular weight is 637 g/mol. The molecule has 0 fully saturated rings. The van der Waals surface area contributed by atoms with Gasteiger partial charge in [-0.25, -0.2) is 17.6 Å². The maximum absolute atomic E-state index is 15.1. The number of carbonyl (C=O) groups is 2. The van der Waals surface area contributed by atoms with E-state index < -0.39 is 89.8 Å². The zero-order chi connectivity index (χ0) is 30.3. The van der Waals surface area contributed by atoms with Crippen molar-refractivity contribution in [1.29, 1.82) is 0 Å². The zero-order valence-electron chi connectivity index (χ0n) is 19.8. The summed E-state index contributed by atoms with van der Waals surface area (Å²) in [4.78, 5) is 24.7. The molecule has 15 heteroatoms. The minimum absolute atomic E-state index is 0.243. The molecule has 5 nitrogen and oxygen atoms in total. The van der Waals surface area contributed by atoms with Crippen LogP contribution < -0.4 is 10.6 Å². The highest BCUT2D eigenvalue weighted by atomic mass is 35.5. The number of benzene rings is 3. The summed E-state index contributed by atoms with van der Waals surface area (Å²) < 4.78 is 98.0. The Labute approximate surface area is 240 Å². The van der Waals surface area contributed by atoms with Crippen molar-refractivity contribution in [2.75, 3.05) is 10.6 Å². The third kappa shape index (κ3) is 5.75. The van der Waals surface area contributed by atoms with E-state index in [4.69, 9.17) is 23.2 Å². The molecule has 1 atom stereocenters. The summed E-state index contributed by atoms with van der Waals surface area (Å²) in [5.41, 5.74) is -7.30. The molecule has 0 aliphatic carbocycles. The summed E-state index contributed by atoms with van der Waals surface area (Å²) in [6, 6.07) is 7.32. The van der Waals surface area contributed by atoms with Gasteiger partial charge in [0.25, 0.3) is 11.8 Å². The molecule has 0 aliphatic rings. The average Bonchev–Trinajstić information content (AvgIpc) is 3.41. The van der Waals surface area contributed by atoms with Crippen LogP contribution in [0.3, 0.4) is 0 Å². The smallest absolute Gasteiger partial charge is 0.372 e. The molecule has 1 aromatic heterocycles. The van der Waals surface area contributed by atoms with Crippen molar-refractivity contribution in [2.45, 2.75) is 11.8 Å². The third-order valence-corrected chi connectivity index (χ3v) is 7.29. The molecule has 214 valence electrons. The highest BCUT2D eigenvalue weighted by molar-refractivity contribution is 7.10. The molecule has 1 unspecified atom stereocenters. The van der Waals surface area contributed by atoms with Crippen LogP contribution in [0.4, 0.5) is 42.1 Å². The van der Waals surface area contributed by atoms with Crippen molar-refractivity contribution in [1.82, 2.24) is 0 Å². The number of rotatable bonds is 6. The van der Waals surface area contributed by atoms with E-state index in [0.717, 1.165) is 36.4 Å². The Morgan fingerprint density at radius 2 is 1.44 bits per heavy atom. The largest absolute Gasteiger partial charge is 0.426 e. The lowest BCUT2D eigenvalue weighted by molar-refractivity contribution is -0.247. The van der Waals surface area contributed by atoms with Gasteiger partial charge in [0.15, 0.2) is 5.82 Å². The molecule has 3 N–H and O–H groups in total. The van der Waals surface area contributed by atoms with Crippen molar-refractivity contribution in [2.24, 2.45) is 0 Å². The van der Waals surface area contributed by atoms with Gasteiger partial charge in [-0.15, -0.1) is 11.3 Å². The zero-order valence-corrected chi connectivity index (χ0v) is 22.2. The number of carbonyl (C=O) groups excluding carboxylic acids is 2. The first kappa shape index (κ1) is 30.3. The van der Waals surface area contributed by atoms with Crippen LogP contribution >= 0.6 is 34.5 Å². The van der Waals surface area contributed by atoms with E-state index in [1.165, 1.54) is 11.4 Å². The van der Waals surface area contributed by atoms with Crippen LogP contribution in [0.5, 0.6) is 0 Å². The molecule has 1 heterocycles. The number of halogens is 9. The topological polar surface area (TPSA) is 78.4 Å². The van der Waals surface area contributed by atoms with Crippen LogP contribution in [-0.4, -0.2) is 23.1 Å². The molecule has 0 aliphatic heterocycles. The van der Waals surface area contributed by atoms with E-state index in [-0.39, 0.29) is 12.1 Å². The number of thiophene rings is 1. The maximum atomic E-state index is 15.1. The van der Waals surface area contributed by atoms with E-state index in [2.05, 4.69) is 5.32 Å². The van der Waals surface area contributed by atoms with Crippen molar-refractivity contribution in [3.05, 3.63) is 115 Å². The first-order valence-electron chi connectivity index (χ1n) is 11.0. The molecule has 2 amide bonds. The van der Waals surface area contributed by atoms with E-state index in [0.29, 0.717) is 11.3 Å². The summed E-state index contributed by atoms with van der Waals surface area (Å²) in [6.07, 6.45) is -5.19. The molecule has 0 saturated carbocycles. The third-order valence-electron chi connectivity index (χ3n) is 5.71. The molecule has 0 radical (unpaired) electrons. The van der Waals surface area contributed by atoms with E-state index >= 15 is 4.39 Å². The maximum Gasteiger partial charge on any atom is 0.426 e. The minimum atomic E-state index is -5.19. The summed E-state index contributed by atoms with van der Waals surface area (Å²) in [5.74, 6) is -8.48. The number of hydrogen-bond donors (Lipinski definition) is 3. The Kier molecular flexibility index (Phi) is 8.37. The molecule has 0 saturated heterocycles. The predicted octanol–water partition coefficient (Wildman–Crippen LogP) is 7.91.